The number of anilines is 1. The van der Waals surface area contributed by atoms with Crippen molar-refractivity contribution in [2.75, 3.05) is 12.4 Å². The SMILES string of the molecule is CNC(=O)c1cccc(NC2CCc3ccccc32)c1. The molecule has 2 aromatic rings. The van der Waals surface area contributed by atoms with Gasteiger partial charge in [0.2, 0.25) is 0 Å². The molecule has 0 radical (unpaired) electrons. The van der Waals surface area contributed by atoms with E-state index in [0.29, 0.717) is 11.6 Å². The number of benzene rings is 2. The molecule has 2 N–H and O–H groups in total. The molecule has 3 rings (SSSR count). The van der Waals surface area contributed by atoms with E-state index in [1.807, 2.05) is 24.3 Å². The summed E-state index contributed by atoms with van der Waals surface area (Å²) in [5.74, 6) is -0.0551. The van der Waals surface area contributed by atoms with Crippen LogP contribution in [0.1, 0.15) is 33.9 Å². The number of amides is 1. The van der Waals surface area contributed by atoms with Crippen LogP contribution in [-0.2, 0) is 6.42 Å². The Bertz CT molecular complexity index is 636. The van der Waals surface area contributed by atoms with Crippen molar-refractivity contribution in [3.8, 4) is 0 Å². The molecule has 1 atom stereocenters. The van der Waals surface area contributed by atoms with Crippen molar-refractivity contribution in [3.63, 3.8) is 0 Å². The molecule has 2 aromatic carbocycles. The van der Waals surface area contributed by atoms with Crippen molar-refractivity contribution in [2.24, 2.45) is 0 Å². The molecular weight excluding hydrogens is 248 g/mol. The van der Waals surface area contributed by atoms with Crippen LogP contribution in [0.25, 0.3) is 0 Å². The van der Waals surface area contributed by atoms with Crippen LogP contribution < -0.4 is 10.6 Å². The predicted molar refractivity (Wildman–Crippen MR) is 81.0 cm³/mol. The van der Waals surface area contributed by atoms with Crippen LogP contribution in [0.15, 0.2) is 48.5 Å². The van der Waals surface area contributed by atoms with Crippen LogP contribution in [0.5, 0.6) is 0 Å². The molecule has 1 aliphatic carbocycles. The zero-order valence-corrected chi connectivity index (χ0v) is 11.5. The van der Waals surface area contributed by atoms with E-state index in [1.54, 1.807) is 7.05 Å². The van der Waals surface area contributed by atoms with Crippen LogP contribution in [0.2, 0.25) is 0 Å². The maximum Gasteiger partial charge on any atom is 0.251 e. The zero-order chi connectivity index (χ0) is 13.9. The molecule has 0 bridgehead atoms. The fourth-order valence-electron chi connectivity index (χ4n) is 2.80. The van der Waals surface area contributed by atoms with Crippen molar-refractivity contribution >= 4 is 11.6 Å². The van der Waals surface area contributed by atoms with Crippen LogP contribution in [0.3, 0.4) is 0 Å². The number of fused-ring (bicyclic) bond motifs is 1. The number of rotatable bonds is 3. The summed E-state index contributed by atoms with van der Waals surface area (Å²) in [5, 5.41) is 6.19. The minimum Gasteiger partial charge on any atom is -0.378 e. The standard InChI is InChI=1S/C17H18N2O/c1-18-17(20)13-6-4-7-14(11-13)19-16-10-9-12-5-2-3-8-15(12)16/h2-8,11,16,19H,9-10H2,1H3,(H,18,20). The first-order chi connectivity index (χ1) is 9.78. The van der Waals surface area contributed by atoms with E-state index in [-0.39, 0.29) is 5.91 Å². The summed E-state index contributed by atoms with van der Waals surface area (Å²) < 4.78 is 0. The molecule has 0 fully saturated rings. The second-order valence-corrected chi connectivity index (χ2v) is 5.09. The Hall–Kier alpha value is -2.29. The van der Waals surface area contributed by atoms with Gasteiger partial charge < -0.3 is 10.6 Å². The number of hydrogen-bond donors (Lipinski definition) is 2. The van der Waals surface area contributed by atoms with Gasteiger partial charge in [0, 0.05) is 18.3 Å². The lowest BCUT2D eigenvalue weighted by Crippen LogP contribution is -2.18. The van der Waals surface area contributed by atoms with Crippen molar-refractivity contribution in [3.05, 3.63) is 65.2 Å². The third-order valence-electron chi connectivity index (χ3n) is 3.83. The Kier molecular flexibility index (Phi) is 3.42. The molecule has 3 heteroatoms. The molecular formula is C17H18N2O. The van der Waals surface area contributed by atoms with E-state index in [4.69, 9.17) is 0 Å². The molecule has 102 valence electrons. The number of hydrogen-bond acceptors (Lipinski definition) is 2. The van der Waals surface area contributed by atoms with Crippen LogP contribution >= 0.6 is 0 Å². The summed E-state index contributed by atoms with van der Waals surface area (Å²) in [6.07, 6.45) is 2.21. The number of nitrogens with one attached hydrogen (secondary N) is 2. The van der Waals surface area contributed by atoms with Gasteiger partial charge in [0.05, 0.1) is 6.04 Å². The minimum atomic E-state index is -0.0551. The molecule has 1 aliphatic rings. The van der Waals surface area contributed by atoms with E-state index in [2.05, 4.69) is 34.9 Å². The van der Waals surface area contributed by atoms with Crippen molar-refractivity contribution in [1.29, 1.82) is 0 Å². The summed E-state index contributed by atoms with van der Waals surface area (Å²) in [7, 11) is 1.65. The summed E-state index contributed by atoms with van der Waals surface area (Å²) in [6.45, 7) is 0. The highest BCUT2D eigenvalue weighted by molar-refractivity contribution is 5.94. The Morgan fingerprint density at radius 3 is 2.85 bits per heavy atom. The Morgan fingerprint density at radius 2 is 2.00 bits per heavy atom. The first kappa shape index (κ1) is 12.7. The smallest absolute Gasteiger partial charge is 0.251 e. The van der Waals surface area contributed by atoms with Gasteiger partial charge in [-0.15, -0.1) is 0 Å². The largest absolute Gasteiger partial charge is 0.378 e. The third kappa shape index (κ3) is 2.39. The highest BCUT2D eigenvalue weighted by Crippen LogP contribution is 2.33. The fourth-order valence-corrected chi connectivity index (χ4v) is 2.80. The van der Waals surface area contributed by atoms with Crippen molar-refractivity contribution < 1.29 is 4.79 Å². The van der Waals surface area contributed by atoms with E-state index >= 15 is 0 Å². The van der Waals surface area contributed by atoms with Gasteiger partial charge in [0.15, 0.2) is 0 Å². The fraction of sp³-hybridized carbons (Fsp3) is 0.235. The molecule has 1 amide bonds. The summed E-state index contributed by atoms with van der Waals surface area (Å²) in [5.41, 5.74) is 4.47. The first-order valence-corrected chi connectivity index (χ1v) is 6.94. The zero-order valence-electron chi connectivity index (χ0n) is 11.5. The van der Waals surface area contributed by atoms with E-state index in [0.717, 1.165) is 18.5 Å². The van der Waals surface area contributed by atoms with Crippen LogP contribution in [0.4, 0.5) is 5.69 Å². The van der Waals surface area contributed by atoms with Crippen molar-refractivity contribution in [1.82, 2.24) is 5.32 Å². The van der Waals surface area contributed by atoms with Gasteiger partial charge in [-0.3, -0.25) is 4.79 Å². The summed E-state index contributed by atoms with van der Waals surface area (Å²) in [4.78, 5) is 11.7. The number of carbonyl (C=O) groups is 1. The molecule has 0 aliphatic heterocycles. The lowest BCUT2D eigenvalue weighted by Gasteiger charge is -2.16. The molecule has 0 saturated heterocycles. The second kappa shape index (κ2) is 5.37. The van der Waals surface area contributed by atoms with Crippen LogP contribution in [0, 0.1) is 0 Å². The van der Waals surface area contributed by atoms with E-state index in [9.17, 15) is 4.79 Å². The Labute approximate surface area is 119 Å². The monoisotopic (exact) mass is 266 g/mol. The molecule has 3 nitrogen and oxygen atoms in total. The maximum absolute atomic E-state index is 11.7. The first-order valence-electron chi connectivity index (χ1n) is 6.94. The minimum absolute atomic E-state index is 0.0551. The van der Waals surface area contributed by atoms with Gasteiger partial charge in [-0.2, -0.15) is 0 Å². The normalized spacial score (nSPS) is 16.6. The average Bonchev–Trinajstić information content (AvgIpc) is 2.90. The topological polar surface area (TPSA) is 41.1 Å². The van der Waals surface area contributed by atoms with Crippen molar-refractivity contribution in [2.45, 2.75) is 18.9 Å². The molecule has 0 saturated carbocycles. The van der Waals surface area contributed by atoms with Gasteiger partial charge in [-0.1, -0.05) is 30.3 Å². The third-order valence-corrected chi connectivity index (χ3v) is 3.83. The number of aryl methyl sites for hydroxylation is 1. The average molecular weight is 266 g/mol. The maximum atomic E-state index is 11.7. The van der Waals surface area contributed by atoms with Gasteiger partial charge in [0.1, 0.15) is 0 Å². The molecule has 0 aromatic heterocycles. The predicted octanol–water partition coefficient (Wildman–Crippen LogP) is 3.15. The lowest BCUT2D eigenvalue weighted by atomic mass is 10.1. The quantitative estimate of drug-likeness (QED) is 0.896. The van der Waals surface area contributed by atoms with Crippen LogP contribution in [-0.4, -0.2) is 13.0 Å². The second-order valence-electron chi connectivity index (χ2n) is 5.09. The summed E-state index contributed by atoms with van der Waals surface area (Å²) >= 11 is 0. The van der Waals surface area contributed by atoms with Gasteiger partial charge in [0.25, 0.3) is 5.91 Å². The molecule has 0 heterocycles. The Balaban J connectivity index is 1.81. The lowest BCUT2D eigenvalue weighted by molar-refractivity contribution is 0.0963. The van der Waals surface area contributed by atoms with Gasteiger partial charge >= 0.3 is 0 Å². The highest BCUT2D eigenvalue weighted by atomic mass is 16.1. The van der Waals surface area contributed by atoms with E-state index in [1.165, 1.54) is 11.1 Å². The molecule has 20 heavy (non-hydrogen) atoms. The Morgan fingerprint density at radius 1 is 1.15 bits per heavy atom. The van der Waals surface area contributed by atoms with Gasteiger partial charge in [-0.05, 0) is 42.2 Å². The van der Waals surface area contributed by atoms with E-state index < -0.39 is 0 Å². The highest BCUT2D eigenvalue weighted by Gasteiger charge is 2.21. The summed E-state index contributed by atoms with van der Waals surface area (Å²) in [6, 6.07) is 16.5. The van der Waals surface area contributed by atoms with Gasteiger partial charge in [-0.25, -0.2) is 0 Å². The number of carbonyl (C=O) groups excluding carboxylic acids is 1. The molecule has 1 unspecified atom stereocenters. The molecule has 0 spiro atoms.